The second kappa shape index (κ2) is 6.32. The average molecular weight is 353 g/mol. The number of amides is 1. The van der Waals surface area contributed by atoms with Crippen LogP contribution in [0.15, 0.2) is 47.0 Å². The van der Waals surface area contributed by atoms with Crippen molar-refractivity contribution in [3.8, 4) is 28.6 Å². The van der Waals surface area contributed by atoms with E-state index in [4.69, 9.17) is 13.9 Å². The number of hydrogen-bond acceptors (Lipinski definition) is 7. The first kappa shape index (κ1) is 15.8. The van der Waals surface area contributed by atoms with Gasteiger partial charge in [0.25, 0.3) is 11.9 Å². The number of nitrogens with zero attached hydrogens (tertiary/aromatic N) is 1. The van der Waals surface area contributed by atoms with E-state index in [0.717, 1.165) is 0 Å². The van der Waals surface area contributed by atoms with Crippen LogP contribution in [-0.4, -0.2) is 29.7 Å². The number of nitrogens with one attached hydrogen (secondary N) is 2. The quantitative estimate of drug-likeness (QED) is 0.661. The number of aromatic hydroxyl groups is 1. The molecular weight excluding hydrogens is 338 g/mol. The summed E-state index contributed by atoms with van der Waals surface area (Å²) in [5.74, 6) is 1.28. The second-order valence-electron chi connectivity index (χ2n) is 5.59. The number of phenols is 1. The van der Waals surface area contributed by atoms with Gasteiger partial charge in [-0.2, -0.15) is 0 Å². The molecule has 0 spiro atoms. The largest absolute Gasteiger partial charge is 0.504 e. The van der Waals surface area contributed by atoms with Crippen molar-refractivity contribution >= 4 is 23.3 Å². The summed E-state index contributed by atoms with van der Waals surface area (Å²) in [6, 6.07) is 10.5. The number of hydrogen-bond donors (Lipinski definition) is 3. The first-order valence-electron chi connectivity index (χ1n) is 7.79. The van der Waals surface area contributed by atoms with Crippen molar-refractivity contribution in [2.24, 2.45) is 0 Å². The predicted molar refractivity (Wildman–Crippen MR) is 94.0 cm³/mol. The summed E-state index contributed by atoms with van der Waals surface area (Å²) >= 11 is 0. The van der Waals surface area contributed by atoms with E-state index in [0.29, 0.717) is 34.2 Å². The van der Waals surface area contributed by atoms with Crippen molar-refractivity contribution in [1.29, 1.82) is 0 Å². The van der Waals surface area contributed by atoms with Gasteiger partial charge in [-0.05, 0) is 30.3 Å². The first-order chi connectivity index (χ1) is 12.6. The maximum Gasteiger partial charge on any atom is 0.299 e. The lowest BCUT2D eigenvalue weighted by Gasteiger charge is -2.18. The molecule has 1 aromatic heterocycles. The van der Waals surface area contributed by atoms with Crippen molar-refractivity contribution in [1.82, 2.24) is 4.98 Å². The number of oxazole rings is 1. The van der Waals surface area contributed by atoms with Crippen LogP contribution in [-0.2, 0) is 4.79 Å². The van der Waals surface area contributed by atoms with Crippen molar-refractivity contribution in [3.63, 3.8) is 0 Å². The fourth-order valence-electron chi connectivity index (χ4n) is 2.58. The first-order valence-corrected chi connectivity index (χ1v) is 7.79. The Morgan fingerprint density at radius 1 is 1.27 bits per heavy atom. The predicted octanol–water partition coefficient (Wildman–Crippen LogP) is 3.13. The fraction of sp³-hybridized carbons (Fsp3) is 0.111. The molecule has 0 atom stereocenters. The minimum Gasteiger partial charge on any atom is -0.504 e. The normalized spacial score (nSPS) is 12.7. The van der Waals surface area contributed by atoms with E-state index in [1.165, 1.54) is 7.11 Å². The maximum atomic E-state index is 11.3. The molecule has 0 bridgehead atoms. The molecule has 2 aromatic carbocycles. The highest BCUT2D eigenvalue weighted by molar-refractivity contribution is 5.95. The Morgan fingerprint density at radius 3 is 2.96 bits per heavy atom. The van der Waals surface area contributed by atoms with Gasteiger partial charge in [0.1, 0.15) is 5.75 Å². The summed E-state index contributed by atoms with van der Waals surface area (Å²) in [7, 11) is 1.49. The molecule has 26 heavy (non-hydrogen) atoms. The van der Waals surface area contributed by atoms with Gasteiger partial charge >= 0.3 is 0 Å². The van der Waals surface area contributed by atoms with Crippen LogP contribution in [0.5, 0.6) is 17.2 Å². The van der Waals surface area contributed by atoms with E-state index >= 15 is 0 Å². The van der Waals surface area contributed by atoms with Crippen LogP contribution in [0.25, 0.3) is 11.3 Å². The molecule has 3 N–H and O–H groups in total. The van der Waals surface area contributed by atoms with E-state index in [9.17, 15) is 9.90 Å². The molecule has 0 saturated heterocycles. The van der Waals surface area contributed by atoms with Crippen LogP contribution in [0.3, 0.4) is 0 Å². The van der Waals surface area contributed by atoms with Gasteiger partial charge < -0.3 is 29.6 Å². The number of fused-ring (bicyclic) bond motifs is 1. The molecule has 0 aliphatic carbocycles. The lowest BCUT2D eigenvalue weighted by molar-refractivity contribution is -0.118. The minimum absolute atomic E-state index is 0.0133. The van der Waals surface area contributed by atoms with Crippen LogP contribution in [0.2, 0.25) is 0 Å². The van der Waals surface area contributed by atoms with Gasteiger partial charge in [0.05, 0.1) is 19.0 Å². The Labute approximate surface area is 148 Å². The van der Waals surface area contributed by atoms with Gasteiger partial charge in [0, 0.05) is 17.3 Å². The van der Waals surface area contributed by atoms with Gasteiger partial charge in [0.15, 0.2) is 23.9 Å². The van der Waals surface area contributed by atoms with Gasteiger partial charge in [-0.3, -0.25) is 4.79 Å². The molecule has 4 rings (SSSR count). The Bertz CT molecular complexity index is 983. The number of carbonyl (C=O) groups excluding carboxylic acids is 1. The van der Waals surface area contributed by atoms with E-state index < -0.39 is 0 Å². The number of benzene rings is 2. The zero-order valence-electron chi connectivity index (χ0n) is 13.8. The van der Waals surface area contributed by atoms with E-state index in [1.807, 2.05) is 0 Å². The third-order valence-corrected chi connectivity index (χ3v) is 3.83. The van der Waals surface area contributed by atoms with Gasteiger partial charge in [-0.1, -0.05) is 0 Å². The van der Waals surface area contributed by atoms with Gasteiger partial charge in [-0.25, -0.2) is 4.98 Å². The van der Waals surface area contributed by atoms with Gasteiger partial charge in [-0.15, -0.1) is 0 Å². The molecule has 8 heteroatoms. The minimum atomic E-state index is -0.182. The molecule has 132 valence electrons. The number of anilines is 3. The molecule has 0 fully saturated rings. The van der Waals surface area contributed by atoms with E-state index in [2.05, 4.69) is 15.6 Å². The van der Waals surface area contributed by atoms with Crippen LogP contribution >= 0.6 is 0 Å². The highest BCUT2D eigenvalue weighted by atomic mass is 16.5. The Balaban J connectivity index is 1.54. The molecule has 1 amide bonds. The lowest BCUT2D eigenvalue weighted by atomic mass is 10.1. The third-order valence-electron chi connectivity index (χ3n) is 3.83. The molecule has 8 nitrogen and oxygen atoms in total. The number of phenolic OH excluding ortho intramolecular Hbond substituents is 1. The number of carbonyl (C=O) groups is 1. The van der Waals surface area contributed by atoms with E-state index in [1.54, 1.807) is 42.6 Å². The number of methoxy groups -OCH3 is 1. The van der Waals surface area contributed by atoms with Crippen LogP contribution < -0.4 is 20.1 Å². The average Bonchev–Trinajstić information content (AvgIpc) is 3.10. The summed E-state index contributed by atoms with van der Waals surface area (Å²) < 4.78 is 16.1. The molecule has 1 aliphatic heterocycles. The highest BCUT2D eigenvalue weighted by Crippen LogP contribution is 2.34. The van der Waals surface area contributed by atoms with Crippen LogP contribution in [0.1, 0.15) is 0 Å². The summed E-state index contributed by atoms with van der Waals surface area (Å²) in [5, 5.41) is 15.6. The summed E-state index contributed by atoms with van der Waals surface area (Å²) in [6.45, 7) is -0.0133. The van der Waals surface area contributed by atoms with Crippen LogP contribution in [0, 0.1) is 0 Å². The summed E-state index contributed by atoms with van der Waals surface area (Å²) in [4.78, 5) is 15.5. The molecule has 0 radical (unpaired) electrons. The molecule has 0 saturated carbocycles. The third kappa shape index (κ3) is 3.00. The monoisotopic (exact) mass is 353 g/mol. The Hall–Kier alpha value is -3.68. The second-order valence-corrected chi connectivity index (χ2v) is 5.59. The van der Waals surface area contributed by atoms with Crippen molar-refractivity contribution in [2.45, 2.75) is 0 Å². The zero-order chi connectivity index (χ0) is 18.1. The topological polar surface area (TPSA) is 106 Å². The number of rotatable bonds is 4. The van der Waals surface area contributed by atoms with Crippen LogP contribution in [0.4, 0.5) is 17.4 Å². The molecule has 1 aliphatic rings. The maximum absolute atomic E-state index is 11.3. The zero-order valence-corrected chi connectivity index (χ0v) is 13.8. The summed E-state index contributed by atoms with van der Waals surface area (Å²) in [5.41, 5.74) is 1.99. The Morgan fingerprint density at radius 2 is 2.15 bits per heavy atom. The van der Waals surface area contributed by atoms with Crippen molar-refractivity contribution in [2.75, 3.05) is 24.4 Å². The molecule has 3 aromatic rings. The molecule has 0 unspecified atom stereocenters. The SMILES string of the molecule is COc1ccc(-c2cnc(Nc3ccc4c(c3)OCC(=O)N4)o2)cc1O. The smallest absolute Gasteiger partial charge is 0.299 e. The lowest BCUT2D eigenvalue weighted by Crippen LogP contribution is -2.25. The number of aromatic nitrogens is 1. The Kier molecular flexibility index (Phi) is 3.85. The molecular formula is C18H15N3O5. The van der Waals surface area contributed by atoms with Gasteiger partial charge in [0.2, 0.25) is 0 Å². The highest BCUT2D eigenvalue weighted by Gasteiger charge is 2.16. The molecule has 2 heterocycles. The summed E-state index contributed by atoms with van der Waals surface area (Å²) in [6.07, 6.45) is 1.55. The van der Waals surface area contributed by atoms with Crippen molar-refractivity contribution in [3.05, 3.63) is 42.6 Å². The number of ether oxygens (including phenoxy) is 2. The fourth-order valence-corrected chi connectivity index (χ4v) is 2.58. The van der Waals surface area contributed by atoms with E-state index in [-0.39, 0.29) is 24.3 Å². The van der Waals surface area contributed by atoms with Crippen molar-refractivity contribution < 1.29 is 23.8 Å². The standard InChI is InChI=1S/C18H15N3O5/c1-24-14-5-2-10(6-13(14)22)16-8-19-18(26-16)20-11-3-4-12-15(7-11)25-9-17(23)21-12/h2-8,22H,9H2,1H3,(H,19,20)(H,21,23).